The van der Waals surface area contributed by atoms with E-state index in [1.54, 1.807) is 12.1 Å². The maximum Gasteiger partial charge on any atom is 0.274 e. The van der Waals surface area contributed by atoms with E-state index in [9.17, 15) is 4.39 Å². The van der Waals surface area contributed by atoms with Gasteiger partial charge in [-0.05, 0) is 18.2 Å². The summed E-state index contributed by atoms with van der Waals surface area (Å²) in [5, 5.41) is 13.7. The van der Waals surface area contributed by atoms with E-state index in [1.807, 2.05) is 24.3 Å². The smallest absolute Gasteiger partial charge is 0.274 e. The molecule has 5 rings (SSSR count). The zero-order chi connectivity index (χ0) is 15.4. The summed E-state index contributed by atoms with van der Waals surface area (Å²) >= 11 is 0. The van der Waals surface area contributed by atoms with E-state index in [2.05, 4.69) is 25.3 Å². The summed E-state index contributed by atoms with van der Waals surface area (Å²) in [7, 11) is 0. The Kier molecular flexibility index (Phi) is 2.30. The van der Waals surface area contributed by atoms with Crippen LogP contribution in [-0.2, 0) is 0 Å². The van der Waals surface area contributed by atoms with Gasteiger partial charge in [-0.2, -0.15) is 14.6 Å². The number of hydrogen-bond donors (Lipinski definition) is 1. The lowest BCUT2D eigenvalue weighted by atomic mass is 10.2. The van der Waals surface area contributed by atoms with Gasteiger partial charge in [0.2, 0.25) is 0 Å². The Balaban J connectivity index is 1.87. The summed E-state index contributed by atoms with van der Waals surface area (Å²) in [5.74, 6) is 0.489. The highest BCUT2D eigenvalue weighted by atomic mass is 19.1. The number of halogens is 1. The number of nitrogens with zero attached hydrogens (tertiary/aromatic N) is 5. The van der Waals surface area contributed by atoms with Crippen molar-refractivity contribution in [3.8, 4) is 11.4 Å². The second-order valence-electron chi connectivity index (χ2n) is 5.23. The molecule has 6 nitrogen and oxygen atoms in total. The Morgan fingerprint density at radius 3 is 2.83 bits per heavy atom. The van der Waals surface area contributed by atoms with Crippen LogP contribution in [0.4, 0.5) is 4.39 Å². The molecular formula is C16H9FN6. The van der Waals surface area contributed by atoms with Gasteiger partial charge >= 0.3 is 0 Å². The van der Waals surface area contributed by atoms with Crippen molar-refractivity contribution < 1.29 is 4.39 Å². The molecule has 0 unspecified atom stereocenters. The van der Waals surface area contributed by atoms with E-state index < -0.39 is 0 Å². The first-order valence-electron chi connectivity index (χ1n) is 7.05. The Morgan fingerprint density at radius 2 is 1.91 bits per heavy atom. The van der Waals surface area contributed by atoms with Crippen molar-refractivity contribution in [2.45, 2.75) is 0 Å². The van der Waals surface area contributed by atoms with Crippen LogP contribution >= 0.6 is 0 Å². The molecule has 0 atom stereocenters. The molecule has 0 amide bonds. The number of aromatic amines is 1. The molecule has 1 N–H and O–H groups in total. The predicted octanol–water partition coefficient (Wildman–Crippen LogP) is 2.96. The van der Waals surface area contributed by atoms with Crippen LogP contribution in [0.15, 0.2) is 48.5 Å². The third kappa shape index (κ3) is 1.73. The predicted molar refractivity (Wildman–Crippen MR) is 83.3 cm³/mol. The van der Waals surface area contributed by atoms with E-state index in [0.717, 1.165) is 16.4 Å². The van der Waals surface area contributed by atoms with Crippen LogP contribution < -0.4 is 0 Å². The molecule has 0 aliphatic carbocycles. The standard InChI is InChI=1S/C16H9FN6/c17-10-5-3-4-9(8-10)15-20-21-16-19-14-13(22-23(15)16)11-6-1-2-7-12(11)18-14/h1-8H,(H,18,19,21). The maximum atomic E-state index is 13.5. The first-order valence-corrected chi connectivity index (χ1v) is 7.05. The Morgan fingerprint density at radius 1 is 1.00 bits per heavy atom. The molecule has 0 aliphatic heterocycles. The van der Waals surface area contributed by atoms with E-state index in [4.69, 9.17) is 0 Å². The van der Waals surface area contributed by atoms with Crippen LogP contribution in [0.25, 0.3) is 39.2 Å². The number of H-pyrrole nitrogens is 1. The van der Waals surface area contributed by atoms with Gasteiger partial charge in [-0.1, -0.05) is 30.3 Å². The molecule has 0 bridgehead atoms. The summed E-state index contributed by atoms with van der Waals surface area (Å²) < 4.78 is 15.0. The maximum absolute atomic E-state index is 13.5. The quantitative estimate of drug-likeness (QED) is 0.517. The molecule has 23 heavy (non-hydrogen) atoms. The van der Waals surface area contributed by atoms with Crippen molar-refractivity contribution in [1.82, 2.24) is 29.8 Å². The van der Waals surface area contributed by atoms with Crippen LogP contribution in [0.5, 0.6) is 0 Å². The summed E-state index contributed by atoms with van der Waals surface area (Å²) in [6.07, 6.45) is 0. The molecule has 0 spiro atoms. The van der Waals surface area contributed by atoms with Crippen LogP contribution in [0.2, 0.25) is 0 Å². The molecular weight excluding hydrogens is 295 g/mol. The average Bonchev–Trinajstić information content (AvgIpc) is 3.13. The summed E-state index contributed by atoms with van der Waals surface area (Å²) in [6.45, 7) is 0. The highest BCUT2D eigenvalue weighted by molar-refractivity contribution is 6.03. The van der Waals surface area contributed by atoms with E-state index in [1.165, 1.54) is 16.6 Å². The SMILES string of the molecule is Fc1cccc(-c2nnc3nc4[nH]c5ccccc5c4nn23)c1. The number of hydrogen-bond acceptors (Lipinski definition) is 4. The minimum atomic E-state index is -0.333. The van der Waals surface area contributed by atoms with Crippen molar-refractivity contribution in [2.24, 2.45) is 0 Å². The van der Waals surface area contributed by atoms with Crippen molar-refractivity contribution in [3.63, 3.8) is 0 Å². The van der Waals surface area contributed by atoms with Gasteiger partial charge in [-0.3, -0.25) is 0 Å². The number of fused-ring (bicyclic) bond motifs is 4. The number of aromatic nitrogens is 6. The monoisotopic (exact) mass is 304 g/mol. The largest absolute Gasteiger partial charge is 0.338 e. The number of nitrogens with one attached hydrogen (secondary N) is 1. The fourth-order valence-electron chi connectivity index (χ4n) is 2.74. The topological polar surface area (TPSA) is 71.8 Å². The van der Waals surface area contributed by atoms with Crippen LogP contribution in [0.3, 0.4) is 0 Å². The van der Waals surface area contributed by atoms with Crippen LogP contribution in [0.1, 0.15) is 0 Å². The molecule has 5 aromatic rings. The van der Waals surface area contributed by atoms with Gasteiger partial charge in [-0.25, -0.2) is 4.39 Å². The first-order chi connectivity index (χ1) is 11.3. The molecule has 0 saturated heterocycles. The molecule has 3 heterocycles. The van der Waals surface area contributed by atoms with Gasteiger partial charge in [0, 0.05) is 16.5 Å². The molecule has 3 aromatic heterocycles. The summed E-state index contributed by atoms with van der Waals surface area (Å²) in [5.41, 5.74) is 2.93. The Labute approximate surface area is 128 Å². The first kappa shape index (κ1) is 12.2. The minimum absolute atomic E-state index is 0.333. The Hall–Kier alpha value is -3.35. The highest BCUT2D eigenvalue weighted by Gasteiger charge is 2.14. The van der Waals surface area contributed by atoms with Gasteiger partial charge < -0.3 is 4.98 Å². The van der Waals surface area contributed by atoms with Gasteiger partial charge in [-0.15, -0.1) is 10.2 Å². The molecule has 0 fully saturated rings. The van der Waals surface area contributed by atoms with Crippen molar-refractivity contribution in [1.29, 1.82) is 0 Å². The van der Waals surface area contributed by atoms with Gasteiger partial charge in [0.25, 0.3) is 5.78 Å². The number of para-hydroxylation sites is 1. The number of rotatable bonds is 1. The molecule has 0 aliphatic rings. The van der Waals surface area contributed by atoms with Crippen molar-refractivity contribution >= 4 is 27.8 Å². The third-order valence-electron chi connectivity index (χ3n) is 3.78. The second-order valence-corrected chi connectivity index (χ2v) is 5.23. The normalized spacial score (nSPS) is 11.7. The highest BCUT2D eigenvalue weighted by Crippen LogP contribution is 2.24. The molecule has 2 aromatic carbocycles. The van der Waals surface area contributed by atoms with E-state index in [0.29, 0.717) is 22.8 Å². The van der Waals surface area contributed by atoms with Crippen molar-refractivity contribution in [2.75, 3.05) is 0 Å². The molecule has 0 saturated carbocycles. The molecule has 7 heteroatoms. The lowest BCUT2D eigenvalue weighted by Gasteiger charge is -1.99. The fraction of sp³-hybridized carbons (Fsp3) is 0. The van der Waals surface area contributed by atoms with E-state index >= 15 is 0 Å². The zero-order valence-corrected chi connectivity index (χ0v) is 11.7. The summed E-state index contributed by atoms with van der Waals surface area (Å²) in [6, 6.07) is 14.0. The number of benzene rings is 2. The summed E-state index contributed by atoms with van der Waals surface area (Å²) in [4.78, 5) is 7.67. The van der Waals surface area contributed by atoms with Gasteiger partial charge in [0.1, 0.15) is 11.3 Å². The lowest BCUT2D eigenvalue weighted by molar-refractivity contribution is 0.628. The van der Waals surface area contributed by atoms with Crippen molar-refractivity contribution in [3.05, 3.63) is 54.3 Å². The fourth-order valence-corrected chi connectivity index (χ4v) is 2.74. The lowest BCUT2D eigenvalue weighted by Crippen LogP contribution is -1.97. The Bertz CT molecular complexity index is 1190. The van der Waals surface area contributed by atoms with E-state index in [-0.39, 0.29) is 5.82 Å². The average molecular weight is 304 g/mol. The minimum Gasteiger partial charge on any atom is -0.338 e. The van der Waals surface area contributed by atoms with Gasteiger partial charge in [0.15, 0.2) is 11.5 Å². The van der Waals surface area contributed by atoms with Crippen LogP contribution in [-0.4, -0.2) is 29.8 Å². The third-order valence-corrected chi connectivity index (χ3v) is 3.78. The zero-order valence-electron chi connectivity index (χ0n) is 11.7. The molecule has 110 valence electrons. The van der Waals surface area contributed by atoms with Gasteiger partial charge in [0.05, 0.1) is 0 Å². The molecule has 0 radical (unpaired) electrons. The second kappa shape index (κ2) is 4.33. The van der Waals surface area contributed by atoms with Crippen LogP contribution in [0, 0.1) is 5.82 Å².